The molecule has 0 aliphatic heterocycles. The van der Waals surface area contributed by atoms with Crippen molar-refractivity contribution in [2.24, 2.45) is 0 Å². The molecule has 7 aromatic rings. The molecule has 45 heavy (non-hydrogen) atoms. The van der Waals surface area contributed by atoms with Crippen LogP contribution in [0.4, 0.5) is 16.3 Å². The number of hydrogen-bond acceptors (Lipinski definition) is 7. The van der Waals surface area contributed by atoms with Gasteiger partial charge in [-0.05, 0) is 54.6 Å². The van der Waals surface area contributed by atoms with Gasteiger partial charge in [-0.1, -0.05) is 45.0 Å². The zero-order chi connectivity index (χ0) is 31.0. The number of urea groups is 1. The molecule has 0 spiro atoms. The Morgan fingerprint density at radius 2 is 1.73 bits per heavy atom. The summed E-state index contributed by atoms with van der Waals surface area (Å²) in [6.07, 6.45) is 4.95. The Bertz CT molecular complexity index is 2160. The van der Waals surface area contributed by atoms with Gasteiger partial charge in [0.25, 0.3) is 0 Å². The van der Waals surface area contributed by atoms with E-state index in [0.717, 1.165) is 33.2 Å². The third-order valence-corrected chi connectivity index (χ3v) is 7.28. The van der Waals surface area contributed by atoms with Crippen LogP contribution in [0.5, 0.6) is 11.5 Å². The number of aromatic amines is 1. The van der Waals surface area contributed by atoms with Gasteiger partial charge < -0.3 is 10.1 Å². The van der Waals surface area contributed by atoms with E-state index in [1.54, 1.807) is 41.3 Å². The maximum atomic E-state index is 13.2. The third-order valence-electron chi connectivity index (χ3n) is 7.28. The van der Waals surface area contributed by atoms with Gasteiger partial charge in [0.05, 0.1) is 34.2 Å². The molecule has 0 saturated carbocycles. The fraction of sp³-hybridized carbons (Fsp3) is 0.118. The molecule has 4 heterocycles. The number of H-pyrrole nitrogens is 1. The van der Waals surface area contributed by atoms with Crippen molar-refractivity contribution >= 4 is 39.5 Å². The van der Waals surface area contributed by atoms with E-state index >= 15 is 0 Å². The van der Waals surface area contributed by atoms with E-state index in [-0.39, 0.29) is 5.41 Å². The molecule has 0 saturated heterocycles. The van der Waals surface area contributed by atoms with Crippen molar-refractivity contribution in [3.05, 3.63) is 109 Å². The lowest BCUT2D eigenvalue weighted by Crippen LogP contribution is -2.21. The Balaban J connectivity index is 1.09. The van der Waals surface area contributed by atoms with Crippen molar-refractivity contribution in [2.75, 3.05) is 10.6 Å². The van der Waals surface area contributed by atoms with Crippen LogP contribution in [0.2, 0.25) is 0 Å². The first kappa shape index (κ1) is 27.7. The molecule has 11 nitrogen and oxygen atoms in total. The molecular weight excluding hydrogens is 566 g/mol. The summed E-state index contributed by atoms with van der Waals surface area (Å²) in [7, 11) is 0. The van der Waals surface area contributed by atoms with Crippen LogP contribution in [0.15, 0.2) is 104 Å². The van der Waals surface area contributed by atoms with Gasteiger partial charge >= 0.3 is 6.03 Å². The number of aromatic nitrogens is 7. The van der Waals surface area contributed by atoms with E-state index in [0.29, 0.717) is 34.3 Å². The lowest BCUT2D eigenvalue weighted by Gasteiger charge is -2.14. The van der Waals surface area contributed by atoms with Crippen molar-refractivity contribution in [2.45, 2.75) is 26.2 Å². The van der Waals surface area contributed by atoms with E-state index in [4.69, 9.17) is 9.84 Å². The highest BCUT2D eigenvalue weighted by molar-refractivity contribution is 5.99. The van der Waals surface area contributed by atoms with Crippen LogP contribution in [-0.4, -0.2) is 41.0 Å². The molecule has 7 rings (SSSR count). The van der Waals surface area contributed by atoms with E-state index < -0.39 is 6.03 Å². The number of hydrogen-bond donors (Lipinski definition) is 3. The normalized spacial score (nSPS) is 11.5. The maximum Gasteiger partial charge on any atom is 0.324 e. The number of benzene rings is 3. The zero-order valence-corrected chi connectivity index (χ0v) is 24.8. The smallest absolute Gasteiger partial charge is 0.324 e. The van der Waals surface area contributed by atoms with Gasteiger partial charge in [-0.2, -0.15) is 10.2 Å². The summed E-state index contributed by atoms with van der Waals surface area (Å²) in [6, 6.07) is 26.1. The number of rotatable bonds is 6. The van der Waals surface area contributed by atoms with Crippen LogP contribution in [0, 0.1) is 0 Å². The van der Waals surface area contributed by atoms with Crippen LogP contribution < -0.4 is 15.4 Å². The van der Waals surface area contributed by atoms with Gasteiger partial charge in [-0.15, -0.1) is 0 Å². The highest BCUT2D eigenvalue weighted by Gasteiger charge is 2.22. The number of nitrogens with one attached hydrogen (secondary N) is 3. The number of nitrogens with zero attached hydrogens (tertiary/aromatic N) is 6. The second kappa shape index (κ2) is 11.2. The molecule has 4 aromatic heterocycles. The Labute approximate surface area is 258 Å². The lowest BCUT2D eigenvalue weighted by atomic mass is 9.92. The summed E-state index contributed by atoms with van der Waals surface area (Å²) in [5.41, 5.74) is 5.03. The largest absolute Gasteiger partial charge is 0.457 e. The molecule has 2 amide bonds. The average Bonchev–Trinajstić information content (AvgIpc) is 3.70. The summed E-state index contributed by atoms with van der Waals surface area (Å²) in [6.45, 7) is 6.25. The first-order valence-electron chi connectivity index (χ1n) is 14.4. The summed E-state index contributed by atoms with van der Waals surface area (Å²) >= 11 is 0. The van der Waals surface area contributed by atoms with Crippen molar-refractivity contribution in [1.29, 1.82) is 0 Å². The fourth-order valence-electron chi connectivity index (χ4n) is 4.96. The number of pyridine rings is 1. The van der Waals surface area contributed by atoms with Crippen LogP contribution >= 0.6 is 0 Å². The molecular formula is C34H29N9O2. The first-order valence-corrected chi connectivity index (χ1v) is 14.4. The van der Waals surface area contributed by atoms with Crippen molar-refractivity contribution in [3.63, 3.8) is 0 Å². The molecule has 0 unspecified atom stereocenters. The molecule has 0 aliphatic carbocycles. The van der Waals surface area contributed by atoms with Gasteiger partial charge in [-0.25, -0.2) is 19.4 Å². The Hall–Kier alpha value is -6.10. The predicted molar refractivity (Wildman–Crippen MR) is 174 cm³/mol. The summed E-state index contributed by atoms with van der Waals surface area (Å²) < 4.78 is 7.97. The monoisotopic (exact) mass is 595 g/mol. The summed E-state index contributed by atoms with van der Waals surface area (Å²) in [4.78, 5) is 26.3. The molecule has 11 heteroatoms. The standard InChI is InChI=1S/C34H29N9O2/c1-34(2,3)29-18-30(43(42-29)23-13-10-21-7-6-16-35-27(21)17-23)40-33(44)39-22-11-14-24(15-12-22)45-28-9-5-4-8-25(28)31-26-19-38-41-32(26)37-20-36-31/h4-20H,1-3H3,(H2,39,40,44)(H,36,37,38,41). The molecule has 222 valence electrons. The van der Waals surface area contributed by atoms with E-state index in [1.807, 2.05) is 60.7 Å². The quantitative estimate of drug-likeness (QED) is 0.181. The van der Waals surface area contributed by atoms with Crippen LogP contribution in [-0.2, 0) is 5.41 Å². The number of ether oxygens (including phenoxy) is 1. The van der Waals surface area contributed by atoms with Crippen molar-refractivity contribution in [3.8, 4) is 28.4 Å². The van der Waals surface area contributed by atoms with Crippen LogP contribution in [0.25, 0.3) is 38.9 Å². The van der Waals surface area contributed by atoms with Gasteiger partial charge in [-0.3, -0.25) is 15.4 Å². The minimum Gasteiger partial charge on any atom is -0.457 e. The molecule has 0 aliphatic rings. The lowest BCUT2D eigenvalue weighted by molar-refractivity contribution is 0.262. The van der Waals surface area contributed by atoms with Crippen molar-refractivity contribution in [1.82, 2.24) is 34.9 Å². The maximum absolute atomic E-state index is 13.2. The number of carbonyl (C=O) groups is 1. The average molecular weight is 596 g/mol. The van der Waals surface area contributed by atoms with Crippen LogP contribution in [0.1, 0.15) is 26.5 Å². The Kier molecular flexibility index (Phi) is 6.89. The molecule has 0 radical (unpaired) electrons. The SMILES string of the molecule is CC(C)(C)c1cc(NC(=O)Nc2ccc(Oc3ccccc3-c3ncnc4[nH]ncc34)cc2)n(-c2ccc3cccnc3c2)n1. The third kappa shape index (κ3) is 5.66. The fourth-order valence-corrected chi connectivity index (χ4v) is 4.96. The first-order chi connectivity index (χ1) is 21.8. The summed E-state index contributed by atoms with van der Waals surface area (Å²) in [5.74, 6) is 1.77. The van der Waals surface area contributed by atoms with E-state index in [2.05, 4.69) is 56.6 Å². The molecule has 3 aromatic carbocycles. The Morgan fingerprint density at radius 3 is 2.58 bits per heavy atom. The number of amides is 2. The van der Waals surface area contributed by atoms with E-state index in [9.17, 15) is 4.79 Å². The molecule has 0 atom stereocenters. The van der Waals surface area contributed by atoms with E-state index in [1.165, 1.54) is 6.33 Å². The number of anilines is 2. The highest BCUT2D eigenvalue weighted by Crippen LogP contribution is 2.35. The second-order valence-corrected chi connectivity index (χ2v) is 11.5. The Morgan fingerprint density at radius 1 is 0.889 bits per heavy atom. The second-order valence-electron chi connectivity index (χ2n) is 11.5. The minimum absolute atomic E-state index is 0.223. The van der Waals surface area contributed by atoms with Crippen molar-refractivity contribution < 1.29 is 9.53 Å². The minimum atomic E-state index is -0.401. The van der Waals surface area contributed by atoms with Gasteiger partial charge in [0.1, 0.15) is 23.6 Å². The number of para-hydroxylation sites is 1. The van der Waals surface area contributed by atoms with Crippen LogP contribution in [0.3, 0.4) is 0 Å². The molecule has 3 N–H and O–H groups in total. The summed E-state index contributed by atoms with van der Waals surface area (Å²) in [5, 5.41) is 19.5. The zero-order valence-electron chi connectivity index (χ0n) is 24.8. The van der Waals surface area contributed by atoms with Gasteiger partial charge in [0.15, 0.2) is 5.65 Å². The highest BCUT2D eigenvalue weighted by atomic mass is 16.5. The van der Waals surface area contributed by atoms with Gasteiger partial charge in [0, 0.05) is 34.3 Å². The number of fused-ring (bicyclic) bond motifs is 2. The predicted octanol–water partition coefficient (Wildman–Crippen LogP) is 7.49. The van der Waals surface area contributed by atoms with Gasteiger partial charge in [0.2, 0.25) is 0 Å². The molecule has 0 fully saturated rings. The molecule has 0 bridgehead atoms. The number of carbonyl (C=O) groups excluding carboxylic acids is 1. The topological polar surface area (TPSA) is 136 Å².